The van der Waals surface area contributed by atoms with Crippen molar-refractivity contribution >= 4 is 11.8 Å². The van der Waals surface area contributed by atoms with Crippen LogP contribution in [0.1, 0.15) is 22.3 Å². The number of halogens is 1. The average Bonchev–Trinajstić information content (AvgIpc) is 2.39. The molecular weight excluding hydrogens is 263 g/mol. The number of aliphatic hydroxyl groups excluding tert-OH is 1. The fourth-order valence-electron chi connectivity index (χ4n) is 1.49. The molecule has 0 heterocycles. The van der Waals surface area contributed by atoms with Crippen molar-refractivity contribution in [2.45, 2.75) is 6.42 Å². The molecule has 1 aromatic rings. The van der Waals surface area contributed by atoms with Gasteiger partial charge in [0.2, 0.25) is 5.91 Å². The van der Waals surface area contributed by atoms with Crippen molar-refractivity contribution in [3.05, 3.63) is 35.1 Å². The predicted octanol–water partition coefficient (Wildman–Crippen LogP) is 0.117. The number of primary amides is 1. The third-order valence-corrected chi connectivity index (χ3v) is 2.42. The monoisotopic (exact) mass is 278 g/mol. The van der Waals surface area contributed by atoms with Crippen molar-refractivity contribution < 1.29 is 19.1 Å². The summed E-state index contributed by atoms with van der Waals surface area (Å²) in [7, 11) is 1.40. The molecule has 0 spiro atoms. The lowest BCUT2D eigenvalue weighted by molar-refractivity contribution is -0.118. The van der Waals surface area contributed by atoms with Gasteiger partial charge < -0.3 is 15.7 Å². The minimum Gasteiger partial charge on any atom is -0.395 e. The highest BCUT2D eigenvalue weighted by atomic mass is 19.1. The molecule has 3 N–H and O–H groups in total. The van der Waals surface area contributed by atoms with Gasteiger partial charge in [0.25, 0.3) is 5.91 Å². The standard InChI is InChI=1S/C14H15FN2O3/c1-17(9-13(16)19)14(20)11-6-5-10(12(15)8-11)4-2-3-7-18/h5-6,8,18H,3,7,9H2,1H3,(H2,16,19). The molecule has 0 saturated heterocycles. The molecule has 20 heavy (non-hydrogen) atoms. The Bertz CT molecular complexity index is 576. The highest BCUT2D eigenvalue weighted by Gasteiger charge is 2.14. The number of hydrogen-bond donors (Lipinski definition) is 2. The molecule has 0 unspecified atom stereocenters. The molecule has 0 radical (unpaired) electrons. The molecule has 0 fully saturated rings. The zero-order valence-electron chi connectivity index (χ0n) is 11.0. The van der Waals surface area contributed by atoms with E-state index in [0.717, 1.165) is 11.0 Å². The lowest BCUT2D eigenvalue weighted by Gasteiger charge is -2.15. The van der Waals surface area contributed by atoms with Crippen LogP contribution >= 0.6 is 0 Å². The zero-order valence-corrected chi connectivity index (χ0v) is 11.0. The van der Waals surface area contributed by atoms with E-state index >= 15 is 0 Å². The summed E-state index contributed by atoms with van der Waals surface area (Å²) in [6.45, 7) is -0.332. The van der Waals surface area contributed by atoms with Crippen LogP contribution in [0, 0.1) is 17.7 Å². The summed E-state index contributed by atoms with van der Waals surface area (Å²) in [5.74, 6) is 3.37. The summed E-state index contributed by atoms with van der Waals surface area (Å²) in [5, 5.41) is 8.58. The van der Waals surface area contributed by atoms with E-state index in [0.29, 0.717) is 0 Å². The van der Waals surface area contributed by atoms with Crippen molar-refractivity contribution in [2.75, 3.05) is 20.2 Å². The van der Waals surface area contributed by atoms with Gasteiger partial charge in [0.1, 0.15) is 5.82 Å². The first-order valence-electron chi connectivity index (χ1n) is 5.88. The van der Waals surface area contributed by atoms with Gasteiger partial charge in [0, 0.05) is 19.0 Å². The molecule has 0 aliphatic heterocycles. The Labute approximate surface area is 116 Å². The van der Waals surface area contributed by atoms with Crippen molar-refractivity contribution in [2.24, 2.45) is 5.73 Å². The Morgan fingerprint density at radius 1 is 1.45 bits per heavy atom. The van der Waals surface area contributed by atoms with Gasteiger partial charge in [-0.1, -0.05) is 11.8 Å². The van der Waals surface area contributed by atoms with Crippen LogP contribution in [-0.4, -0.2) is 42.0 Å². The van der Waals surface area contributed by atoms with Crippen LogP contribution in [-0.2, 0) is 4.79 Å². The first kappa shape index (κ1) is 15.7. The molecule has 0 saturated carbocycles. The van der Waals surface area contributed by atoms with E-state index < -0.39 is 17.6 Å². The van der Waals surface area contributed by atoms with Crippen LogP contribution in [0.25, 0.3) is 0 Å². The van der Waals surface area contributed by atoms with Crippen molar-refractivity contribution in [3.63, 3.8) is 0 Å². The Morgan fingerprint density at radius 3 is 2.70 bits per heavy atom. The normalized spacial score (nSPS) is 9.55. The molecule has 6 heteroatoms. The third kappa shape index (κ3) is 4.37. The van der Waals surface area contributed by atoms with Gasteiger partial charge in [-0.3, -0.25) is 9.59 Å². The van der Waals surface area contributed by atoms with Gasteiger partial charge in [-0.05, 0) is 18.2 Å². The van der Waals surface area contributed by atoms with Crippen LogP contribution in [0.5, 0.6) is 0 Å². The second-order valence-corrected chi connectivity index (χ2v) is 4.10. The van der Waals surface area contributed by atoms with E-state index in [9.17, 15) is 14.0 Å². The van der Waals surface area contributed by atoms with Crippen LogP contribution in [0.4, 0.5) is 4.39 Å². The number of nitrogens with zero attached hydrogens (tertiary/aromatic N) is 1. The Balaban J connectivity index is 2.90. The summed E-state index contributed by atoms with van der Waals surface area (Å²) in [6, 6.07) is 3.86. The molecule has 0 aliphatic rings. The van der Waals surface area contributed by atoms with Crippen molar-refractivity contribution in [1.29, 1.82) is 0 Å². The molecular formula is C14H15FN2O3. The van der Waals surface area contributed by atoms with Gasteiger partial charge >= 0.3 is 0 Å². The van der Waals surface area contributed by atoms with Crippen molar-refractivity contribution in [1.82, 2.24) is 4.90 Å². The molecule has 0 bridgehead atoms. The van der Waals surface area contributed by atoms with E-state index in [-0.39, 0.29) is 30.7 Å². The Hall–Kier alpha value is -2.39. The average molecular weight is 278 g/mol. The molecule has 1 rings (SSSR count). The number of benzene rings is 1. The van der Waals surface area contributed by atoms with Gasteiger partial charge in [0.15, 0.2) is 0 Å². The highest BCUT2D eigenvalue weighted by Crippen LogP contribution is 2.11. The molecule has 1 aromatic carbocycles. The largest absolute Gasteiger partial charge is 0.395 e. The number of hydrogen-bond acceptors (Lipinski definition) is 3. The number of amides is 2. The predicted molar refractivity (Wildman–Crippen MR) is 71.1 cm³/mol. The van der Waals surface area contributed by atoms with Crippen LogP contribution < -0.4 is 5.73 Å². The molecule has 5 nitrogen and oxygen atoms in total. The number of carbonyl (C=O) groups excluding carboxylic acids is 2. The molecule has 2 amide bonds. The van der Waals surface area contributed by atoms with Crippen LogP contribution in [0.2, 0.25) is 0 Å². The van der Waals surface area contributed by atoms with Gasteiger partial charge in [-0.2, -0.15) is 0 Å². The molecule has 0 aliphatic carbocycles. The lowest BCUT2D eigenvalue weighted by Crippen LogP contribution is -2.35. The van der Waals surface area contributed by atoms with Gasteiger partial charge in [-0.25, -0.2) is 4.39 Å². The first-order valence-corrected chi connectivity index (χ1v) is 5.88. The summed E-state index contributed by atoms with van der Waals surface area (Å²) < 4.78 is 13.7. The minimum atomic E-state index is -0.646. The molecule has 0 atom stereocenters. The summed E-state index contributed by atoms with van der Waals surface area (Å²) >= 11 is 0. The maximum Gasteiger partial charge on any atom is 0.254 e. The fourth-order valence-corrected chi connectivity index (χ4v) is 1.49. The maximum absolute atomic E-state index is 13.7. The SMILES string of the molecule is CN(CC(N)=O)C(=O)c1ccc(C#CCCO)c(F)c1. The number of carbonyl (C=O) groups is 2. The summed E-state index contributed by atoms with van der Waals surface area (Å²) in [4.78, 5) is 23.7. The van der Waals surface area contributed by atoms with E-state index in [1.807, 2.05) is 0 Å². The fraction of sp³-hybridized carbons (Fsp3) is 0.286. The van der Waals surface area contributed by atoms with E-state index in [1.165, 1.54) is 19.2 Å². The van der Waals surface area contributed by atoms with E-state index in [4.69, 9.17) is 10.8 Å². The van der Waals surface area contributed by atoms with Gasteiger partial charge in [-0.15, -0.1) is 0 Å². The van der Waals surface area contributed by atoms with Crippen LogP contribution in [0.3, 0.4) is 0 Å². The zero-order chi connectivity index (χ0) is 15.1. The van der Waals surface area contributed by atoms with Crippen LogP contribution in [0.15, 0.2) is 18.2 Å². The maximum atomic E-state index is 13.7. The summed E-state index contributed by atoms with van der Waals surface area (Å²) in [6.07, 6.45) is 0.251. The lowest BCUT2D eigenvalue weighted by atomic mass is 10.1. The number of aliphatic hydroxyl groups is 1. The highest BCUT2D eigenvalue weighted by molar-refractivity contribution is 5.96. The molecule has 106 valence electrons. The quantitative estimate of drug-likeness (QED) is 0.767. The molecule has 0 aromatic heterocycles. The van der Waals surface area contributed by atoms with Gasteiger partial charge in [0.05, 0.1) is 18.7 Å². The first-order chi connectivity index (χ1) is 9.45. The Kier molecular flexibility index (Phi) is 5.69. The van der Waals surface area contributed by atoms with E-state index in [1.54, 1.807) is 0 Å². The third-order valence-electron chi connectivity index (χ3n) is 2.42. The number of rotatable bonds is 4. The minimum absolute atomic E-state index is 0.0941. The smallest absolute Gasteiger partial charge is 0.254 e. The number of likely N-dealkylation sites (N-methyl/N-ethyl adjacent to an activating group) is 1. The second-order valence-electron chi connectivity index (χ2n) is 4.10. The summed E-state index contributed by atoms with van der Waals surface area (Å²) in [5.41, 5.74) is 5.24. The second kappa shape index (κ2) is 7.26. The topological polar surface area (TPSA) is 83.6 Å². The van der Waals surface area contributed by atoms with Crippen molar-refractivity contribution in [3.8, 4) is 11.8 Å². The number of nitrogens with two attached hydrogens (primary N) is 1. The van der Waals surface area contributed by atoms with E-state index in [2.05, 4.69) is 11.8 Å². The Morgan fingerprint density at radius 2 is 2.15 bits per heavy atom.